The fourth-order valence-electron chi connectivity index (χ4n) is 4.68. The summed E-state index contributed by atoms with van der Waals surface area (Å²) in [5.74, 6) is -1.10. The highest BCUT2D eigenvalue weighted by Gasteiger charge is 2.56. The SMILES string of the molecule is COc1cc2c(Oc3ccc(NC(=O)C4(C(=O)Nc5ccc(F)cc5)CC4)cc3F)ccnc2cc1OCCCCNC(=O)CS. The van der Waals surface area contributed by atoms with Crippen molar-refractivity contribution >= 4 is 52.6 Å². The molecule has 0 saturated heterocycles. The van der Waals surface area contributed by atoms with Crippen LogP contribution < -0.4 is 30.2 Å². The second-order valence-corrected chi connectivity index (χ2v) is 11.0. The summed E-state index contributed by atoms with van der Waals surface area (Å²) < 4.78 is 45.7. The fraction of sp³-hybridized carbons (Fsp3) is 0.273. The summed E-state index contributed by atoms with van der Waals surface area (Å²) in [6, 6.07) is 14.2. The molecule has 1 fully saturated rings. The summed E-state index contributed by atoms with van der Waals surface area (Å²) in [5, 5.41) is 8.57. The van der Waals surface area contributed by atoms with Crippen molar-refractivity contribution in [3.8, 4) is 23.0 Å². The lowest BCUT2D eigenvalue weighted by molar-refractivity contribution is -0.131. The van der Waals surface area contributed by atoms with Gasteiger partial charge in [-0.25, -0.2) is 8.78 Å². The summed E-state index contributed by atoms with van der Waals surface area (Å²) >= 11 is 3.93. The van der Waals surface area contributed by atoms with Crippen LogP contribution >= 0.6 is 12.6 Å². The van der Waals surface area contributed by atoms with Gasteiger partial charge in [0.2, 0.25) is 17.7 Å². The van der Waals surface area contributed by atoms with Crippen LogP contribution in [-0.4, -0.2) is 48.7 Å². The van der Waals surface area contributed by atoms with Crippen molar-refractivity contribution in [2.45, 2.75) is 25.7 Å². The number of methoxy groups -OCH3 is 1. The first-order valence-corrected chi connectivity index (χ1v) is 15.2. The second-order valence-electron chi connectivity index (χ2n) is 10.6. The number of hydrogen-bond donors (Lipinski definition) is 4. The van der Waals surface area contributed by atoms with Crippen LogP contribution in [0.3, 0.4) is 0 Å². The number of carbonyl (C=O) groups is 3. The number of unbranched alkanes of at least 4 members (excludes halogenated alkanes) is 1. The Morgan fingerprint density at radius 2 is 1.59 bits per heavy atom. The number of amides is 3. The molecule has 0 spiro atoms. The molecule has 3 amide bonds. The third-order valence-electron chi connectivity index (χ3n) is 7.41. The predicted octanol–water partition coefficient (Wildman–Crippen LogP) is 5.88. The molecule has 3 N–H and O–H groups in total. The van der Waals surface area contributed by atoms with Crippen LogP contribution in [0.1, 0.15) is 25.7 Å². The number of rotatable bonds is 14. The molecule has 0 aliphatic heterocycles. The number of nitrogens with zero attached hydrogens (tertiary/aromatic N) is 1. The Kier molecular flexibility index (Phi) is 10.2. The fourth-order valence-corrected chi connectivity index (χ4v) is 4.79. The number of aromatic nitrogens is 1. The van der Waals surface area contributed by atoms with E-state index in [1.165, 1.54) is 49.7 Å². The molecule has 240 valence electrons. The van der Waals surface area contributed by atoms with Gasteiger partial charge in [-0.05, 0) is 74.2 Å². The lowest BCUT2D eigenvalue weighted by Crippen LogP contribution is -2.35. The Morgan fingerprint density at radius 3 is 2.26 bits per heavy atom. The third-order valence-corrected chi connectivity index (χ3v) is 7.70. The minimum atomic E-state index is -1.29. The second kappa shape index (κ2) is 14.5. The van der Waals surface area contributed by atoms with Crippen molar-refractivity contribution in [2.75, 3.05) is 36.6 Å². The quantitative estimate of drug-likeness (QED) is 0.0763. The Balaban J connectivity index is 1.23. The van der Waals surface area contributed by atoms with E-state index in [9.17, 15) is 18.8 Å². The van der Waals surface area contributed by atoms with E-state index in [-0.39, 0.29) is 23.1 Å². The van der Waals surface area contributed by atoms with Gasteiger partial charge in [0.25, 0.3) is 0 Å². The molecule has 1 heterocycles. The zero-order valence-electron chi connectivity index (χ0n) is 24.9. The predicted molar refractivity (Wildman–Crippen MR) is 172 cm³/mol. The van der Waals surface area contributed by atoms with Crippen LogP contribution in [-0.2, 0) is 14.4 Å². The molecule has 3 aromatic carbocycles. The van der Waals surface area contributed by atoms with E-state index >= 15 is 4.39 Å². The van der Waals surface area contributed by atoms with Gasteiger partial charge in [-0.15, -0.1) is 0 Å². The lowest BCUT2D eigenvalue weighted by atomic mass is 10.0. The first-order valence-electron chi connectivity index (χ1n) is 14.6. The highest BCUT2D eigenvalue weighted by molar-refractivity contribution is 7.81. The highest BCUT2D eigenvalue weighted by atomic mass is 32.1. The first kappa shape index (κ1) is 32.5. The standard InChI is InChI=1S/C33H32F2N4O6S/c1-43-28-17-23-25(18-29(28)44-15-3-2-13-37-30(40)19-46)36-14-10-26(23)45-27-9-8-22(16-24(27)35)39-32(42)33(11-12-33)31(41)38-21-6-4-20(34)5-7-21/h4-10,14,16-18,46H,2-3,11-13,15,19H2,1H3,(H,37,40)(H,38,41)(H,39,42). The molecule has 13 heteroatoms. The van der Waals surface area contributed by atoms with Crippen molar-refractivity contribution in [3.05, 3.63) is 78.5 Å². The van der Waals surface area contributed by atoms with Gasteiger partial charge >= 0.3 is 0 Å². The van der Waals surface area contributed by atoms with E-state index in [1.54, 1.807) is 18.2 Å². The van der Waals surface area contributed by atoms with Crippen LogP contribution in [0.5, 0.6) is 23.0 Å². The Hall–Kier alpha value is -4.91. The number of benzene rings is 3. The van der Waals surface area contributed by atoms with E-state index in [0.717, 1.165) is 12.5 Å². The zero-order valence-corrected chi connectivity index (χ0v) is 25.8. The topological polar surface area (TPSA) is 128 Å². The highest BCUT2D eigenvalue weighted by Crippen LogP contribution is 2.47. The normalized spacial score (nSPS) is 13.0. The number of pyridine rings is 1. The smallest absolute Gasteiger partial charge is 0.240 e. The van der Waals surface area contributed by atoms with Crippen LogP contribution in [0.4, 0.5) is 20.2 Å². The van der Waals surface area contributed by atoms with Crippen molar-refractivity contribution < 1.29 is 37.4 Å². The molecule has 5 rings (SSSR count). The largest absolute Gasteiger partial charge is 0.493 e. The van der Waals surface area contributed by atoms with Crippen molar-refractivity contribution in [1.29, 1.82) is 0 Å². The zero-order chi connectivity index (χ0) is 32.7. The summed E-state index contributed by atoms with van der Waals surface area (Å²) in [4.78, 5) is 41.5. The number of hydrogen-bond acceptors (Lipinski definition) is 8. The molecule has 0 unspecified atom stereocenters. The Bertz CT molecular complexity index is 1750. The average Bonchev–Trinajstić information content (AvgIpc) is 3.87. The lowest BCUT2D eigenvalue weighted by Gasteiger charge is -2.16. The molecular weight excluding hydrogens is 618 g/mol. The van der Waals surface area contributed by atoms with Gasteiger partial charge in [0.15, 0.2) is 23.1 Å². The maximum absolute atomic E-state index is 15.2. The number of nitrogens with one attached hydrogen (secondary N) is 3. The maximum atomic E-state index is 15.2. The van der Waals surface area contributed by atoms with Crippen LogP contribution in [0.2, 0.25) is 0 Å². The van der Waals surface area contributed by atoms with Gasteiger partial charge < -0.3 is 30.2 Å². The van der Waals surface area contributed by atoms with Crippen LogP contribution in [0, 0.1) is 17.0 Å². The van der Waals surface area contributed by atoms with Gasteiger partial charge in [-0.2, -0.15) is 12.6 Å². The molecule has 10 nitrogen and oxygen atoms in total. The molecule has 0 bridgehead atoms. The van der Waals surface area contributed by atoms with Gasteiger partial charge in [0.05, 0.1) is 25.0 Å². The Labute approximate surface area is 269 Å². The first-order chi connectivity index (χ1) is 22.2. The van der Waals surface area contributed by atoms with Gasteiger partial charge in [-0.1, -0.05) is 0 Å². The molecule has 0 atom stereocenters. The number of thiol groups is 1. The molecule has 1 aliphatic rings. The minimum absolute atomic E-state index is 0.0926. The number of ether oxygens (including phenoxy) is 3. The summed E-state index contributed by atoms with van der Waals surface area (Å²) in [6.07, 6.45) is 3.61. The van der Waals surface area contributed by atoms with Gasteiger partial charge in [-0.3, -0.25) is 19.4 Å². The molecule has 0 radical (unpaired) electrons. The Morgan fingerprint density at radius 1 is 0.870 bits per heavy atom. The van der Waals surface area contributed by atoms with Gasteiger partial charge in [0, 0.05) is 41.6 Å². The van der Waals surface area contributed by atoms with Crippen molar-refractivity contribution in [2.24, 2.45) is 5.41 Å². The monoisotopic (exact) mass is 650 g/mol. The van der Waals surface area contributed by atoms with Crippen LogP contribution in [0.15, 0.2) is 66.9 Å². The van der Waals surface area contributed by atoms with Crippen LogP contribution in [0.25, 0.3) is 10.9 Å². The molecular formula is C33H32F2N4O6S. The molecule has 4 aromatic rings. The van der Waals surface area contributed by atoms with E-state index < -0.39 is 28.9 Å². The molecule has 1 saturated carbocycles. The summed E-state index contributed by atoms with van der Waals surface area (Å²) in [5.41, 5.74) is -0.233. The van der Waals surface area contributed by atoms with E-state index in [4.69, 9.17) is 14.2 Å². The van der Waals surface area contributed by atoms with E-state index in [2.05, 4.69) is 33.6 Å². The number of fused-ring (bicyclic) bond motifs is 1. The summed E-state index contributed by atoms with van der Waals surface area (Å²) in [7, 11) is 1.50. The molecule has 46 heavy (non-hydrogen) atoms. The summed E-state index contributed by atoms with van der Waals surface area (Å²) in [6.45, 7) is 0.920. The molecule has 1 aromatic heterocycles. The number of halogens is 2. The van der Waals surface area contributed by atoms with Gasteiger partial charge in [0.1, 0.15) is 17.0 Å². The maximum Gasteiger partial charge on any atom is 0.240 e. The third kappa shape index (κ3) is 7.65. The van der Waals surface area contributed by atoms with E-state index in [1.807, 2.05) is 0 Å². The van der Waals surface area contributed by atoms with Crippen molar-refractivity contribution in [3.63, 3.8) is 0 Å². The average molecular weight is 651 g/mol. The van der Waals surface area contributed by atoms with Crippen molar-refractivity contribution in [1.82, 2.24) is 10.3 Å². The van der Waals surface area contributed by atoms with E-state index in [0.29, 0.717) is 66.3 Å². The number of carbonyl (C=O) groups excluding carboxylic acids is 3. The molecule has 1 aliphatic carbocycles. The minimum Gasteiger partial charge on any atom is -0.493 e. The number of anilines is 2.